The van der Waals surface area contributed by atoms with E-state index < -0.39 is 11.6 Å². The predicted molar refractivity (Wildman–Crippen MR) is 62.1 cm³/mol. The summed E-state index contributed by atoms with van der Waals surface area (Å²) >= 11 is 3.13. The summed E-state index contributed by atoms with van der Waals surface area (Å²) in [6, 6.07) is 4.57. The Labute approximate surface area is 97.7 Å². The van der Waals surface area contributed by atoms with E-state index in [-0.39, 0.29) is 5.82 Å². The lowest BCUT2D eigenvalue weighted by Crippen LogP contribution is -2.37. The molecular weight excluding hydrogens is 261 g/mol. The van der Waals surface area contributed by atoms with E-state index in [9.17, 15) is 4.39 Å². The molecule has 84 valence electrons. The zero-order chi connectivity index (χ0) is 11.6. The highest BCUT2D eigenvalue weighted by molar-refractivity contribution is 9.10. The largest absolute Gasteiger partial charge is 0.377 e. The number of benzene rings is 1. The van der Waals surface area contributed by atoms with Gasteiger partial charge in [0.1, 0.15) is 5.82 Å². The van der Waals surface area contributed by atoms with Crippen molar-refractivity contribution in [2.75, 3.05) is 7.11 Å². The van der Waals surface area contributed by atoms with Gasteiger partial charge in [0.05, 0.1) is 16.1 Å². The molecular formula is C11H15BrFNO. The number of methoxy groups -OCH3 is 1. The maximum atomic E-state index is 13.7. The molecule has 0 aliphatic heterocycles. The molecule has 0 bridgehead atoms. The number of rotatable bonds is 3. The third kappa shape index (κ3) is 2.56. The minimum atomic E-state index is -0.596. The first-order valence-electron chi connectivity index (χ1n) is 4.65. The number of halogens is 2. The summed E-state index contributed by atoms with van der Waals surface area (Å²) in [4.78, 5) is 0. The molecule has 0 aliphatic rings. The monoisotopic (exact) mass is 275 g/mol. The van der Waals surface area contributed by atoms with Gasteiger partial charge in [0, 0.05) is 12.7 Å². The molecule has 1 aromatic rings. The van der Waals surface area contributed by atoms with Crippen molar-refractivity contribution >= 4 is 15.9 Å². The van der Waals surface area contributed by atoms with E-state index in [0.29, 0.717) is 10.0 Å². The minimum absolute atomic E-state index is 0.324. The number of hydrogen-bond acceptors (Lipinski definition) is 2. The summed E-state index contributed by atoms with van der Waals surface area (Å²) in [5, 5.41) is 0. The van der Waals surface area contributed by atoms with Gasteiger partial charge in [0.15, 0.2) is 0 Å². The van der Waals surface area contributed by atoms with Crippen LogP contribution in [0.1, 0.15) is 25.5 Å². The third-order valence-electron chi connectivity index (χ3n) is 2.59. The fourth-order valence-electron chi connectivity index (χ4n) is 1.26. The van der Waals surface area contributed by atoms with Crippen LogP contribution >= 0.6 is 15.9 Å². The van der Waals surface area contributed by atoms with Gasteiger partial charge in [-0.2, -0.15) is 0 Å². The first-order valence-corrected chi connectivity index (χ1v) is 5.44. The smallest absolute Gasteiger partial charge is 0.142 e. The molecule has 0 heterocycles. The van der Waals surface area contributed by atoms with Crippen molar-refractivity contribution in [1.29, 1.82) is 0 Å². The average Bonchev–Trinajstić information content (AvgIpc) is 2.21. The first-order chi connectivity index (χ1) is 6.90. The molecule has 0 amide bonds. The molecule has 15 heavy (non-hydrogen) atoms. The molecule has 0 spiro atoms. The summed E-state index contributed by atoms with van der Waals surface area (Å²) in [6.45, 7) is 3.66. The molecule has 2 nitrogen and oxygen atoms in total. The third-order valence-corrected chi connectivity index (χ3v) is 3.20. The molecule has 1 unspecified atom stereocenters. The van der Waals surface area contributed by atoms with Gasteiger partial charge in [-0.1, -0.05) is 12.1 Å². The van der Waals surface area contributed by atoms with Crippen LogP contribution in [-0.2, 0) is 4.74 Å². The first kappa shape index (κ1) is 12.6. The zero-order valence-electron chi connectivity index (χ0n) is 9.05. The minimum Gasteiger partial charge on any atom is -0.377 e. The Bertz CT molecular complexity index is 354. The topological polar surface area (TPSA) is 35.2 Å². The van der Waals surface area contributed by atoms with Gasteiger partial charge >= 0.3 is 0 Å². The van der Waals surface area contributed by atoms with Crippen LogP contribution in [0, 0.1) is 5.82 Å². The van der Waals surface area contributed by atoms with Crippen molar-refractivity contribution in [1.82, 2.24) is 0 Å². The van der Waals surface area contributed by atoms with Crippen LogP contribution in [-0.4, -0.2) is 12.7 Å². The molecule has 0 aliphatic carbocycles. The molecule has 0 saturated carbocycles. The second-order valence-corrected chi connectivity index (χ2v) is 4.78. The maximum absolute atomic E-state index is 13.7. The van der Waals surface area contributed by atoms with E-state index in [2.05, 4.69) is 15.9 Å². The predicted octanol–water partition coefficient (Wildman–Crippen LogP) is 3.01. The van der Waals surface area contributed by atoms with Gasteiger partial charge in [-0.15, -0.1) is 0 Å². The molecule has 0 fully saturated rings. The van der Waals surface area contributed by atoms with Gasteiger partial charge in [-0.3, -0.25) is 0 Å². The van der Waals surface area contributed by atoms with Crippen LogP contribution in [0.2, 0.25) is 0 Å². The quantitative estimate of drug-likeness (QED) is 0.921. The average molecular weight is 276 g/mol. The summed E-state index contributed by atoms with van der Waals surface area (Å²) in [6.07, 6.45) is 0. The van der Waals surface area contributed by atoms with Crippen molar-refractivity contribution in [3.63, 3.8) is 0 Å². The molecule has 1 atom stereocenters. The van der Waals surface area contributed by atoms with Gasteiger partial charge in [0.25, 0.3) is 0 Å². The Kier molecular flexibility index (Phi) is 3.87. The summed E-state index contributed by atoms with van der Waals surface area (Å²) in [5.74, 6) is -0.324. The lowest BCUT2D eigenvalue weighted by Gasteiger charge is -2.30. The Morgan fingerprint density at radius 1 is 1.47 bits per heavy atom. The van der Waals surface area contributed by atoms with Crippen LogP contribution < -0.4 is 5.73 Å². The fourth-order valence-corrected chi connectivity index (χ4v) is 1.64. The standard InChI is InChI=1S/C11H15BrFNO/c1-11(2,15-3)10(14)7-5-4-6-8(12)9(7)13/h4-6,10H,14H2,1-3H3. The van der Waals surface area contributed by atoms with E-state index in [4.69, 9.17) is 10.5 Å². The van der Waals surface area contributed by atoms with E-state index in [1.807, 2.05) is 13.8 Å². The van der Waals surface area contributed by atoms with Crippen LogP contribution in [0.3, 0.4) is 0 Å². The van der Waals surface area contributed by atoms with Crippen molar-refractivity contribution in [2.24, 2.45) is 5.73 Å². The SMILES string of the molecule is COC(C)(C)C(N)c1cccc(Br)c1F. The van der Waals surface area contributed by atoms with Crippen molar-refractivity contribution in [2.45, 2.75) is 25.5 Å². The fraction of sp³-hybridized carbons (Fsp3) is 0.455. The normalized spacial score (nSPS) is 14.0. The number of hydrogen-bond donors (Lipinski definition) is 1. The van der Waals surface area contributed by atoms with E-state index in [0.717, 1.165) is 0 Å². The molecule has 1 rings (SSSR count). The molecule has 2 N–H and O–H groups in total. The van der Waals surface area contributed by atoms with Crippen molar-refractivity contribution in [3.8, 4) is 0 Å². The summed E-state index contributed by atoms with van der Waals surface area (Å²) in [5.41, 5.74) is 5.83. The Morgan fingerprint density at radius 2 is 2.07 bits per heavy atom. The highest BCUT2D eigenvalue weighted by atomic mass is 79.9. The van der Waals surface area contributed by atoms with Crippen LogP contribution in [0.4, 0.5) is 4.39 Å². The van der Waals surface area contributed by atoms with Crippen molar-refractivity contribution < 1.29 is 9.13 Å². The van der Waals surface area contributed by atoms with E-state index >= 15 is 0 Å². The Morgan fingerprint density at radius 3 is 2.60 bits per heavy atom. The van der Waals surface area contributed by atoms with Crippen LogP contribution in [0.25, 0.3) is 0 Å². The molecule has 1 aromatic carbocycles. The van der Waals surface area contributed by atoms with Crippen LogP contribution in [0.5, 0.6) is 0 Å². The Balaban J connectivity index is 3.12. The lowest BCUT2D eigenvalue weighted by molar-refractivity contribution is -0.000922. The number of nitrogens with two attached hydrogens (primary N) is 1. The molecule has 0 aromatic heterocycles. The molecule has 0 radical (unpaired) electrons. The van der Waals surface area contributed by atoms with Gasteiger partial charge in [-0.25, -0.2) is 4.39 Å². The van der Waals surface area contributed by atoms with E-state index in [1.54, 1.807) is 25.3 Å². The molecule has 4 heteroatoms. The number of ether oxygens (including phenoxy) is 1. The van der Waals surface area contributed by atoms with Gasteiger partial charge < -0.3 is 10.5 Å². The van der Waals surface area contributed by atoms with Crippen LogP contribution in [0.15, 0.2) is 22.7 Å². The summed E-state index contributed by atoms with van der Waals surface area (Å²) in [7, 11) is 1.57. The zero-order valence-corrected chi connectivity index (χ0v) is 10.6. The summed E-state index contributed by atoms with van der Waals surface area (Å²) < 4.78 is 19.4. The second-order valence-electron chi connectivity index (χ2n) is 3.93. The maximum Gasteiger partial charge on any atom is 0.142 e. The van der Waals surface area contributed by atoms with Crippen molar-refractivity contribution in [3.05, 3.63) is 34.1 Å². The highest BCUT2D eigenvalue weighted by Gasteiger charge is 2.29. The lowest BCUT2D eigenvalue weighted by atomic mass is 9.92. The molecule has 0 saturated heterocycles. The van der Waals surface area contributed by atoms with Gasteiger partial charge in [0.2, 0.25) is 0 Å². The second kappa shape index (κ2) is 4.60. The highest BCUT2D eigenvalue weighted by Crippen LogP contribution is 2.30. The van der Waals surface area contributed by atoms with E-state index in [1.165, 1.54) is 0 Å². The Hall–Kier alpha value is -0.450. The van der Waals surface area contributed by atoms with Gasteiger partial charge in [-0.05, 0) is 35.8 Å².